The predicted molar refractivity (Wildman–Crippen MR) is 136 cm³/mol. The Morgan fingerprint density at radius 3 is 2.19 bits per heavy atom. The molecule has 2 aliphatic rings. The predicted octanol–water partition coefficient (Wildman–Crippen LogP) is 2.86. The number of ether oxygens (including phenoxy) is 1. The molecule has 2 heterocycles. The van der Waals surface area contributed by atoms with Crippen LogP contribution in [0.15, 0.2) is 68.4 Å². The first kappa shape index (κ1) is 25.6. The molecule has 2 aromatic carbocycles. The second kappa shape index (κ2) is 9.52. The van der Waals surface area contributed by atoms with Gasteiger partial charge in [0, 0.05) is 0 Å². The van der Waals surface area contributed by atoms with Crippen molar-refractivity contribution < 1.29 is 30.6 Å². The fourth-order valence-electron chi connectivity index (χ4n) is 3.10. The van der Waals surface area contributed by atoms with Crippen LogP contribution in [0.2, 0.25) is 0 Å². The van der Waals surface area contributed by atoms with Crippen molar-refractivity contribution in [1.29, 1.82) is 5.41 Å². The van der Waals surface area contributed by atoms with Gasteiger partial charge >= 0.3 is 10.1 Å². The third-order valence-corrected chi connectivity index (χ3v) is 9.22. The minimum Gasteiger partial charge on any atom is -0.497 e. The van der Waals surface area contributed by atoms with Crippen LogP contribution in [-0.4, -0.2) is 56.2 Å². The molecule has 1 N–H and O–H groups in total. The Labute approximate surface area is 212 Å². The van der Waals surface area contributed by atoms with Crippen LogP contribution in [0.1, 0.15) is 19.4 Å². The second-order valence-electron chi connectivity index (χ2n) is 7.78. The molecular weight excluding hydrogens is 528 g/mol. The van der Waals surface area contributed by atoms with E-state index in [9.17, 15) is 21.6 Å². The van der Waals surface area contributed by atoms with Gasteiger partial charge in [0.1, 0.15) is 22.2 Å². The van der Waals surface area contributed by atoms with Crippen molar-refractivity contribution in [2.24, 2.45) is 9.39 Å². The summed E-state index contributed by atoms with van der Waals surface area (Å²) in [6.45, 7) is 2.98. The average molecular weight is 549 g/mol. The lowest BCUT2D eigenvalue weighted by Crippen LogP contribution is -2.46. The molecular formula is C22H20N4O7S3. The maximum atomic E-state index is 12.7. The van der Waals surface area contributed by atoms with Gasteiger partial charge in [-0.3, -0.25) is 10.2 Å². The van der Waals surface area contributed by atoms with Gasteiger partial charge in [0.15, 0.2) is 0 Å². The largest absolute Gasteiger partial charge is 0.497 e. The number of sulfone groups is 1. The van der Waals surface area contributed by atoms with Gasteiger partial charge in [0.05, 0.1) is 29.9 Å². The van der Waals surface area contributed by atoms with Crippen LogP contribution in [0.4, 0.5) is 0 Å². The first-order valence-corrected chi connectivity index (χ1v) is 14.1. The van der Waals surface area contributed by atoms with Crippen molar-refractivity contribution >= 4 is 60.1 Å². The Bertz CT molecular complexity index is 1540. The number of methoxy groups -OCH3 is 1. The highest BCUT2D eigenvalue weighted by Crippen LogP contribution is 2.31. The number of carbonyl (C=O) groups is 1. The molecule has 0 fully saturated rings. The Morgan fingerprint density at radius 1 is 1.00 bits per heavy atom. The number of amides is 1. The molecule has 0 radical (unpaired) electrons. The van der Waals surface area contributed by atoms with Crippen molar-refractivity contribution in [2.45, 2.75) is 24.0 Å². The van der Waals surface area contributed by atoms with E-state index in [4.69, 9.17) is 14.3 Å². The van der Waals surface area contributed by atoms with E-state index in [0.717, 1.165) is 16.8 Å². The van der Waals surface area contributed by atoms with Crippen LogP contribution in [0.25, 0.3) is 6.08 Å². The number of rotatable bonds is 6. The number of amidine groups is 3. The minimum atomic E-state index is -4.09. The van der Waals surface area contributed by atoms with Crippen molar-refractivity contribution in [1.82, 2.24) is 4.90 Å². The number of hydrogen-bond acceptors (Lipinski definition) is 10. The van der Waals surface area contributed by atoms with E-state index in [-0.39, 0.29) is 32.4 Å². The van der Waals surface area contributed by atoms with E-state index < -0.39 is 31.1 Å². The quantitative estimate of drug-likeness (QED) is 0.326. The highest BCUT2D eigenvalue weighted by molar-refractivity contribution is 8.16. The van der Waals surface area contributed by atoms with E-state index in [1.165, 1.54) is 75.6 Å². The van der Waals surface area contributed by atoms with Gasteiger partial charge < -0.3 is 8.92 Å². The topological polar surface area (TPSA) is 156 Å². The molecule has 0 saturated carbocycles. The Morgan fingerprint density at radius 2 is 1.61 bits per heavy atom. The Balaban J connectivity index is 1.57. The van der Waals surface area contributed by atoms with Crippen LogP contribution in [-0.2, 0) is 24.7 Å². The lowest BCUT2D eigenvalue weighted by atomic mass is 10.1. The average Bonchev–Trinajstić information content (AvgIpc) is 3.27. The molecule has 36 heavy (non-hydrogen) atoms. The number of aliphatic imine (C=N–C) groups is 1. The van der Waals surface area contributed by atoms with Crippen LogP contribution in [0.3, 0.4) is 0 Å². The monoisotopic (exact) mass is 548 g/mol. The molecule has 0 unspecified atom stereocenters. The van der Waals surface area contributed by atoms with Crippen molar-refractivity contribution in [2.75, 3.05) is 7.11 Å². The number of carbonyl (C=O) groups excluding carboxylic acids is 1. The lowest BCUT2D eigenvalue weighted by molar-refractivity contribution is -0.114. The second-order valence-corrected chi connectivity index (χ2v) is 12.5. The first-order chi connectivity index (χ1) is 16.9. The Kier molecular flexibility index (Phi) is 6.77. The SMILES string of the molecule is COc1ccc(S(=O)(=O)Oc2ccc(/C=C3/C(=N)N4C(=NC3=O)SN=C4S(=O)(=O)C(C)C)cc2)cc1. The fraction of sp³-hybridized carbons (Fsp3) is 0.182. The molecule has 2 aliphatic heterocycles. The molecule has 14 heteroatoms. The zero-order chi connectivity index (χ0) is 26.3. The summed E-state index contributed by atoms with van der Waals surface area (Å²) in [5.41, 5.74) is 0.292. The van der Waals surface area contributed by atoms with E-state index >= 15 is 0 Å². The number of nitrogens with zero attached hydrogens (tertiary/aromatic N) is 3. The number of nitrogens with one attached hydrogen (secondary N) is 1. The molecule has 4 rings (SSSR count). The summed E-state index contributed by atoms with van der Waals surface area (Å²) in [4.78, 5) is 17.4. The summed E-state index contributed by atoms with van der Waals surface area (Å²) < 4.78 is 64.5. The van der Waals surface area contributed by atoms with Crippen LogP contribution < -0.4 is 8.92 Å². The molecule has 2 aromatic rings. The molecule has 0 atom stereocenters. The van der Waals surface area contributed by atoms with Gasteiger partial charge in [-0.1, -0.05) is 12.1 Å². The summed E-state index contributed by atoms with van der Waals surface area (Å²) in [6.07, 6.45) is 1.36. The summed E-state index contributed by atoms with van der Waals surface area (Å²) in [5, 5.41) is 7.34. The van der Waals surface area contributed by atoms with Gasteiger partial charge in [-0.25, -0.2) is 13.3 Å². The molecule has 0 aliphatic carbocycles. The number of fused-ring (bicyclic) bond motifs is 1. The van der Waals surface area contributed by atoms with E-state index in [2.05, 4.69) is 9.39 Å². The molecule has 0 aromatic heterocycles. The smallest absolute Gasteiger partial charge is 0.339 e. The third-order valence-electron chi connectivity index (χ3n) is 5.11. The molecule has 188 valence electrons. The van der Waals surface area contributed by atoms with Gasteiger partial charge in [-0.15, -0.1) is 0 Å². The van der Waals surface area contributed by atoms with Crippen LogP contribution in [0, 0.1) is 5.41 Å². The highest BCUT2D eigenvalue weighted by Gasteiger charge is 2.43. The van der Waals surface area contributed by atoms with Gasteiger partial charge in [-0.05, 0) is 61.9 Å². The number of benzene rings is 2. The maximum absolute atomic E-state index is 12.7. The van der Waals surface area contributed by atoms with Crippen LogP contribution in [0.5, 0.6) is 11.5 Å². The van der Waals surface area contributed by atoms with Crippen LogP contribution >= 0.6 is 11.9 Å². The number of hydrogen-bond donors (Lipinski definition) is 1. The van der Waals surface area contributed by atoms with Gasteiger partial charge in [-0.2, -0.15) is 17.8 Å². The van der Waals surface area contributed by atoms with Gasteiger partial charge in [0.25, 0.3) is 5.91 Å². The minimum absolute atomic E-state index is 0.00568. The standard InChI is InChI=1S/C22H20N4O7S3/c1-13(2)35(28,29)22-25-34-21-24-20(27)18(19(23)26(21)22)12-14-4-6-16(7-5-14)33-36(30,31)17-10-8-15(32-3)9-11-17/h4-13,23H,1-3H3/b18-12-,23-19?. The molecule has 0 saturated heterocycles. The zero-order valence-corrected chi connectivity index (χ0v) is 21.6. The molecule has 0 bridgehead atoms. The summed E-state index contributed by atoms with van der Waals surface area (Å²) in [5.74, 6) is -0.565. The normalized spacial score (nSPS) is 17.2. The summed E-state index contributed by atoms with van der Waals surface area (Å²) in [7, 11) is -6.45. The van der Waals surface area contributed by atoms with E-state index in [1.807, 2.05) is 0 Å². The summed E-state index contributed by atoms with van der Waals surface area (Å²) in [6, 6.07) is 11.5. The Hall–Kier alpha value is -3.49. The van der Waals surface area contributed by atoms with Crippen molar-refractivity contribution in [3.05, 3.63) is 59.7 Å². The van der Waals surface area contributed by atoms with Crippen molar-refractivity contribution in [3.8, 4) is 11.5 Å². The van der Waals surface area contributed by atoms with E-state index in [0.29, 0.717) is 11.3 Å². The first-order valence-electron chi connectivity index (χ1n) is 10.4. The zero-order valence-electron chi connectivity index (χ0n) is 19.2. The van der Waals surface area contributed by atoms with E-state index in [1.54, 1.807) is 0 Å². The summed E-state index contributed by atoms with van der Waals surface area (Å²) >= 11 is 0.717. The van der Waals surface area contributed by atoms with Gasteiger partial charge in [0.2, 0.25) is 20.2 Å². The third kappa shape index (κ3) is 4.79. The molecule has 1 amide bonds. The maximum Gasteiger partial charge on any atom is 0.339 e. The molecule has 0 spiro atoms. The fourth-order valence-corrected chi connectivity index (χ4v) is 6.09. The lowest BCUT2D eigenvalue weighted by Gasteiger charge is -2.25. The molecule has 11 nitrogen and oxygen atoms in total. The van der Waals surface area contributed by atoms with Crippen molar-refractivity contribution in [3.63, 3.8) is 0 Å². The highest BCUT2D eigenvalue weighted by atomic mass is 32.2.